The lowest BCUT2D eigenvalue weighted by molar-refractivity contribution is -0.121. The molecule has 0 radical (unpaired) electrons. The third-order valence-corrected chi connectivity index (χ3v) is 2.19. The number of benzene rings is 1. The molecule has 0 aromatic heterocycles. The zero-order chi connectivity index (χ0) is 12.7. The van der Waals surface area contributed by atoms with Gasteiger partial charge in [0.25, 0.3) is 0 Å². The first-order chi connectivity index (χ1) is 8.08. The van der Waals surface area contributed by atoms with Crippen LogP contribution in [0.3, 0.4) is 0 Å². The number of nitrogens with two attached hydrogens (primary N) is 1. The van der Waals surface area contributed by atoms with Gasteiger partial charge in [-0.2, -0.15) is 0 Å². The summed E-state index contributed by atoms with van der Waals surface area (Å²) in [4.78, 5) is 11.3. The van der Waals surface area contributed by atoms with Gasteiger partial charge < -0.3 is 15.8 Å². The second-order valence-corrected chi connectivity index (χ2v) is 4.20. The summed E-state index contributed by atoms with van der Waals surface area (Å²) in [6.45, 7) is 4.79. The van der Waals surface area contributed by atoms with Crippen molar-refractivity contribution < 1.29 is 9.53 Å². The molecular formula is C13H21ClN2O2. The number of halogens is 1. The van der Waals surface area contributed by atoms with Crippen LogP contribution in [0.5, 0.6) is 5.75 Å². The Kier molecular flexibility index (Phi) is 8.16. The van der Waals surface area contributed by atoms with E-state index in [-0.39, 0.29) is 24.4 Å². The van der Waals surface area contributed by atoms with Crippen LogP contribution in [-0.2, 0) is 4.79 Å². The normalized spacial score (nSPS) is 11.3. The van der Waals surface area contributed by atoms with Gasteiger partial charge in [-0.25, -0.2) is 0 Å². The first-order valence-electron chi connectivity index (χ1n) is 5.79. The molecule has 0 fully saturated rings. The molecule has 1 aromatic rings. The number of carbonyl (C=O) groups is 1. The van der Waals surface area contributed by atoms with Crippen LogP contribution in [0.2, 0.25) is 0 Å². The predicted molar refractivity (Wildman–Crippen MR) is 75.2 cm³/mol. The Morgan fingerprint density at radius 1 is 1.50 bits per heavy atom. The lowest BCUT2D eigenvalue weighted by Gasteiger charge is -2.09. The molecule has 0 heterocycles. The van der Waals surface area contributed by atoms with E-state index < -0.39 is 0 Å². The topological polar surface area (TPSA) is 64.3 Å². The number of ether oxygens (including phenoxy) is 1. The summed E-state index contributed by atoms with van der Waals surface area (Å²) in [5, 5.41) is 2.75. The van der Waals surface area contributed by atoms with Crippen LogP contribution in [0.4, 0.5) is 0 Å². The lowest BCUT2D eigenvalue weighted by Crippen LogP contribution is -2.32. The van der Waals surface area contributed by atoms with Crippen molar-refractivity contribution in [3.8, 4) is 5.75 Å². The molecular weight excluding hydrogens is 252 g/mol. The fraction of sp³-hybridized carbons (Fsp3) is 0.462. The number of amides is 1. The van der Waals surface area contributed by atoms with Crippen molar-refractivity contribution in [2.75, 3.05) is 13.2 Å². The largest absolute Gasteiger partial charge is 0.492 e. The van der Waals surface area contributed by atoms with Crippen LogP contribution in [0.1, 0.15) is 18.9 Å². The highest BCUT2D eigenvalue weighted by atomic mass is 35.5. The summed E-state index contributed by atoms with van der Waals surface area (Å²) in [6, 6.07) is 7.71. The van der Waals surface area contributed by atoms with Crippen molar-refractivity contribution in [2.45, 2.75) is 26.3 Å². The van der Waals surface area contributed by atoms with E-state index in [0.29, 0.717) is 19.6 Å². The van der Waals surface area contributed by atoms with E-state index in [1.165, 1.54) is 0 Å². The van der Waals surface area contributed by atoms with Crippen molar-refractivity contribution in [3.05, 3.63) is 29.8 Å². The first-order valence-corrected chi connectivity index (χ1v) is 5.79. The Bertz CT molecular complexity index is 370. The standard InChI is InChI=1S/C13H20N2O2.ClH/c1-10-4-3-5-12(8-10)17-7-6-15-13(16)9-11(2)14;/h3-5,8,11H,6-7,9,14H2,1-2H3,(H,15,16);1H. The molecule has 0 spiro atoms. The number of aryl methyl sites for hydroxylation is 1. The van der Waals surface area contributed by atoms with E-state index in [9.17, 15) is 4.79 Å². The van der Waals surface area contributed by atoms with E-state index in [2.05, 4.69) is 5.32 Å². The van der Waals surface area contributed by atoms with Crippen LogP contribution < -0.4 is 15.8 Å². The molecule has 0 aliphatic carbocycles. The van der Waals surface area contributed by atoms with Gasteiger partial charge in [0.15, 0.2) is 0 Å². The smallest absolute Gasteiger partial charge is 0.221 e. The van der Waals surface area contributed by atoms with Gasteiger partial charge in [0.1, 0.15) is 12.4 Å². The quantitative estimate of drug-likeness (QED) is 0.774. The SMILES string of the molecule is Cc1cccc(OCCNC(=O)CC(C)N)c1.Cl. The molecule has 0 aliphatic heterocycles. The molecule has 1 atom stereocenters. The number of nitrogens with one attached hydrogen (secondary N) is 1. The Balaban J connectivity index is 0.00000289. The number of rotatable bonds is 6. The first kappa shape index (κ1) is 16.7. The van der Waals surface area contributed by atoms with Crippen molar-refractivity contribution >= 4 is 18.3 Å². The maximum Gasteiger partial charge on any atom is 0.221 e. The third kappa shape index (κ3) is 7.14. The molecule has 1 rings (SSSR count). The highest BCUT2D eigenvalue weighted by Gasteiger charge is 2.03. The Hall–Kier alpha value is -1.26. The van der Waals surface area contributed by atoms with Gasteiger partial charge in [-0.1, -0.05) is 12.1 Å². The molecule has 1 unspecified atom stereocenters. The molecule has 0 bridgehead atoms. The summed E-state index contributed by atoms with van der Waals surface area (Å²) in [7, 11) is 0. The fourth-order valence-corrected chi connectivity index (χ4v) is 1.43. The van der Waals surface area contributed by atoms with Gasteiger partial charge in [0.2, 0.25) is 5.91 Å². The maximum atomic E-state index is 11.3. The van der Waals surface area contributed by atoms with Crippen molar-refractivity contribution in [1.29, 1.82) is 0 Å². The third-order valence-electron chi connectivity index (χ3n) is 2.19. The van der Waals surface area contributed by atoms with Gasteiger partial charge in [0.05, 0.1) is 6.54 Å². The number of hydrogen-bond donors (Lipinski definition) is 2. The summed E-state index contributed by atoms with van der Waals surface area (Å²) in [6.07, 6.45) is 0.352. The molecule has 102 valence electrons. The molecule has 0 saturated carbocycles. The lowest BCUT2D eigenvalue weighted by atomic mass is 10.2. The monoisotopic (exact) mass is 272 g/mol. The van der Waals surface area contributed by atoms with Crippen LogP contribution in [0, 0.1) is 6.92 Å². The van der Waals surface area contributed by atoms with Crippen molar-refractivity contribution in [3.63, 3.8) is 0 Å². The van der Waals surface area contributed by atoms with Crippen molar-refractivity contribution in [2.24, 2.45) is 5.73 Å². The Morgan fingerprint density at radius 2 is 2.22 bits per heavy atom. The minimum absolute atomic E-state index is 0. The van der Waals surface area contributed by atoms with Crippen LogP contribution in [-0.4, -0.2) is 25.1 Å². The fourth-order valence-electron chi connectivity index (χ4n) is 1.43. The Morgan fingerprint density at radius 3 is 2.83 bits per heavy atom. The zero-order valence-corrected chi connectivity index (χ0v) is 11.6. The summed E-state index contributed by atoms with van der Waals surface area (Å²) in [5.41, 5.74) is 6.67. The molecule has 1 amide bonds. The summed E-state index contributed by atoms with van der Waals surface area (Å²) in [5.74, 6) is 0.791. The minimum Gasteiger partial charge on any atom is -0.492 e. The Labute approximate surface area is 114 Å². The minimum atomic E-state index is -0.104. The van der Waals surface area contributed by atoms with E-state index in [0.717, 1.165) is 11.3 Å². The molecule has 0 saturated heterocycles. The second kappa shape index (κ2) is 8.78. The van der Waals surface area contributed by atoms with Crippen LogP contribution in [0.15, 0.2) is 24.3 Å². The van der Waals surface area contributed by atoms with E-state index in [1.807, 2.05) is 38.1 Å². The predicted octanol–water partition coefficient (Wildman–Crippen LogP) is 1.65. The molecule has 18 heavy (non-hydrogen) atoms. The molecule has 5 heteroatoms. The summed E-state index contributed by atoms with van der Waals surface area (Å²) < 4.78 is 5.50. The zero-order valence-electron chi connectivity index (χ0n) is 10.8. The van der Waals surface area contributed by atoms with E-state index in [4.69, 9.17) is 10.5 Å². The molecule has 4 nitrogen and oxygen atoms in total. The number of hydrogen-bond acceptors (Lipinski definition) is 3. The molecule has 3 N–H and O–H groups in total. The maximum absolute atomic E-state index is 11.3. The van der Waals surface area contributed by atoms with E-state index >= 15 is 0 Å². The average Bonchev–Trinajstić information content (AvgIpc) is 2.23. The van der Waals surface area contributed by atoms with Gasteiger partial charge in [-0.3, -0.25) is 4.79 Å². The van der Waals surface area contributed by atoms with Crippen molar-refractivity contribution in [1.82, 2.24) is 5.32 Å². The summed E-state index contributed by atoms with van der Waals surface area (Å²) >= 11 is 0. The highest BCUT2D eigenvalue weighted by molar-refractivity contribution is 5.85. The van der Waals surface area contributed by atoms with Gasteiger partial charge >= 0.3 is 0 Å². The average molecular weight is 273 g/mol. The number of carbonyl (C=O) groups excluding carboxylic acids is 1. The molecule has 1 aromatic carbocycles. The highest BCUT2D eigenvalue weighted by Crippen LogP contribution is 2.11. The van der Waals surface area contributed by atoms with Gasteiger partial charge in [0, 0.05) is 12.5 Å². The van der Waals surface area contributed by atoms with Crippen LogP contribution >= 0.6 is 12.4 Å². The molecule has 0 aliphatic rings. The van der Waals surface area contributed by atoms with Crippen LogP contribution in [0.25, 0.3) is 0 Å². The van der Waals surface area contributed by atoms with E-state index in [1.54, 1.807) is 0 Å². The second-order valence-electron chi connectivity index (χ2n) is 4.20. The van der Waals surface area contributed by atoms with Gasteiger partial charge in [-0.05, 0) is 31.5 Å². The van der Waals surface area contributed by atoms with Gasteiger partial charge in [-0.15, -0.1) is 12.4 Å².